The first-order valence-electron chi connectivity index (χ1n) is 7.52. The minimum Gasteiger partial charge on any atom is -0.380 e. The highest BCUT2D eigenvalue weighted by molar-refractivity contribution is 6.33. The molecule has 0 heterocycles. The first kappa shape index (κ1) is 14.9. The highest BCUT2D eigenvalue weighted by Gasteiger charge is 2.25. The molecule has 4 heteroatoms. The van der Waals surface area contributed by atoms with Crippen molar-refractivity contribution in [3.05, 3.63) is 64.2 Å². The number of rotatable bonds is 5. The monoisotopic (exact) mass is 314 g/mol. The fourth-order valence-electron chi connectivity index (χ4n) is 2.62. The van der Waals surface area contributed by atoms with Crippen molar-refractivity contribution in [1.82, 2.24) is 5.32 Å². The molecule has 3 nitrogen and oxygen atoms in total. The number of hydrogen-bond donors (Lipinski definition) is 2. The lowest BCUT2D eigenvalue weighted by molar-refractivity contribution is 0.0963. The van der Waals surface area contributed by atoms with Gasteiger partial charge in [0.05, 0.1) is 10.7 Å². The first-order chi connectivity index (χ1) is 10.7. The smallest absolute Gasteiger partial charge is 0.251 e. The SMILES string of the molecule is CNC(=O)c1ccc(Cl)c(NCc2ccccc2C2CC2)c1. The van der Waals surface area contributed by atoms with Gasteiger partial charge in [-0.25, -0.2) is 0 Å². The summed E-state index contributed by atoms with van der Waals surface area (Å²) in [7, 11) is 1.62. The molecule has 2 aromatic carbocycles. The van der Waals surface area contributed by atoms with Gasteiger partial charge in [0.15, 0.2) is 0 Å². The Bertz CT molecular complexity index is 695. The van der Waals surface area contributed by atoms with Gasteiger partial charge in [0.2, 0.25) is 0 Å². The zero-order valence-corrected chi connectivity index (χ0v) is 13.3. The summed E-state index contributed by atoms with van der Waals surface area (Å²) in [6, 6.07) is 13.8. The maximum atomic E-state index is 11.7. The Morgan fingerprint density at radius 1 is 1.23 bits per heavy atom. The third-order valence-electron chi connectivity index (χ3n) is 4.00. The van der Waals surface area contributed by atoms with Crippen molar-refractivity contribution in [3.63, 3.8) is 0 Å². The minimum atomic E-state index is -0.113. The molecule has 0 aliphatic heterocycles. The van der Waals surface area contributed by atoms with Crippen LogP contribution in [0.1, 0.15) is 40.2 Å². The maximum absolute atomic E-state index is 11.7. The van der Waals surface area contributed by atoms with Crippen molar-refractivity contribution in [3.8, 4) is 0 Å². The van der Waals surface area contributed by atoms with Crippen molar-refractivity contribution in [1.29, 1.82) is 0 Å². The van der Waals surface area contributed by atoms with Crippen molar-refractivity contribution >= 4 is 23.2 Å². The molecule has 0 atom stereocenters. The van der Waals surface area contributed by atoms with Crippen molar-refractivity contribution in [2.24, 2.45) is 0 Å². The van der Waals surface area contributed by atoms with E-state index in [1.165, 1.54) is 24.0 Å². The van der Waals surface area contributed by atoms with E-state index in [1.807, 2.05) is 0 Å². The van der Waals surface area contributed by atoms with E-state index in [4.69, 9.17) is 11.6 Å². The van der Waals surface area contributed by atoms with Crippen LogP contribution in [0.5, 0.6) is 0 Å². The fraction of sp³-hybridized carbons (Fsp3) is 0.278. The highest BCUT2D eigenvalue weighted by Crippen LogP contribution is 2.41. The van der Waals surface area contributed by atoms with Crippen LogP contribution in [0.15, 0.2) is 42.5 Å². The molecule has 0 radical (unpaired) electrons. The molecule has 0 bridgehead atoms. The zero-order valence-electron chi connectivity index (χ0n) is 12.5. The van der Waals surface area contributed by atoms with Crippen LogP contribution in [0.2, 0.25) is 5.02 Å². The van der Waals surface area contributed by atoms with E-state index in [2.05, 4.69) is 34.9 Å². The molecule has 0 unspecified atom stereocenters. The third-order valence-corrected chi connectivity index (χ3v) is 4.33. The Labute approximate surface area is 135 Å². The second kappa shape index (κ2) is 6.41. The highest BCUT2D eigenvalue weighted by atomic mass is 35.5. The third kappa shape index (κ3) is 3.25. The van der Waals surface area contributed by atoms with E-state index >= 15 is 0 Å². The van der Waals surface area contributed by atoms with E-state index < -0.39 is 0 Å². The predicted octanol–water partition coefficient (Wildman–Crippen LogP) is 4.19. The van der Waals surface area contributed by atoms with E-state index in [9.17, 15) is 4.79 Å². The van der Waals surface area contributed by atoms with Crippen molar-refractivity contribution < 1.29 is 4.79 Å². The molecule has 0 spiro atoms. The minimum absolute atomic E-state index is 0.113. The Morgan fingerprint density at radius 3 is 2.73 bits per heavy atom. The number of carbonyl (C=O) groups is 1. The van der Waals surface area contributed by atoms with Gasteiger partial charge in [-0.15, -0.1) is 0 Å². The van der Waals surface area contributed by atoms with Crippen LogP contribution < -0.4 is 10.6 Å². The largest absolute Gasteiger partial charge is 0.380 e. The molecule has 3 rings (SSSR count). The van der Waals surface area contributed by atoms with Crippen LogP contribution in [0, 0.1) is 0 Å². The number of nitrogens with one attached hydrogen (secondary N) is 2. The molecule has 0 saturated heterocycles. The quantitative estimate of drug-likeness (QED) is 0.869. The van der Waals surface area contributed by atoms with Gasteiger partial charge in [-0.2, -0.15) is 0 Å². The summed E-state index contributed by atoms with van der Waals surface area (Å²) in [5.41, 5.74) is 4.11. The van der Waals surface area contributed by atoms with Crippen LogP contribution in [0.25, 0.3) is 0 Å². The van der Waals surface area contributed by atoms with Gasteiger partial charge in [0, 0.05) is 19.2 Å². The average Bonchev–Trinajstić information content (AvgIpc) is 3.38. The van der Waals surface area contributed by atoms with Crippen LogP contribution >= 0.6 is 11.6 Å². The van der Waals surface area contributed by atoms with E-state index in [0.717, 1.165) is 5.69 Å². The van der Waals surface area contributed by atoms with E-state index in [1.54, 1.807) is 25.2 Å². The summed E-state index contributed by atoms with van der Waals surface area (Å²) in [6.45, 7) is 0.712. The molecule has 22 heavy (non-hydrogen) atoms. The van der Waals surface area contributed by atoms with Crippen LogP contribution in [-0.2, 0) is 6.54 Å². The van der Waals surface area contributed by atoms with E-state index in [0.29, 0.717) is 23.0 Å². The average molecular weight is 315 g/mol. The molecule has 2 aromatic rings. The molecule has 114 valence electrons. The standard InChI is InChI=1S/C18H19ClN2O/c1-20-18(22)13-8-9-16(19)17(10-13)21-11-14-4-2-3-5-15(14)12-6-7-12/h2-5,8-10,12,21H,6-7,11H2,1H3,(H,20,22). The van der Waals surface area contributed by atoms with Gasteiger partial charge in [-0.3, -0.25) is 4.79 Å². The van der Waals surface area contributed by atoms with Gasteiger partial charge in [-0.05, 0) is 48.1 Å². The van der Waals surface area contributed by atoms with E-state index in [-0.39, 0.29) is 5.91 Å². The Hall–Kier alpha value is -2.00. The second-order valence-electron chi connectivity index (χ2n) is 5.60. The number of hydrogen-bond acceptors (Lipinski definition) is 2. The van der Waals surface area contributed by atoms with Crippen LogP contribution in [-0.4, -0.2) is 13.0 Å². The van der Waals surface area contributed by atoms with Gasteiger partial charge in [0.1, 0.15) is 0 Å². The molecular formula is C18H19ClN2O. The summed E-state index contributed by atoms with van der Waals surface area (Å²) in [5, 5.41) is 6.61. The van der Waals surface area contributed by atoms with Crippen LogP contribution in [0.4, 0.5) is 5.69 Å². The van der Waals surface area contributed by atoms with Gasteiger partial charge in [0.25, 0.3) is 5.91 Å². The lowest BCUT2D eigenvalue weighted by atomic mass is 10.0. The summed E-state index contributed by atoms with van der Waals surface area (Å²) >= 11 is 6.23. The molecule has 1 aliphatic rings. The predicted molar refractivity (Wildman–Crippen MR) is 90.6 cm³/mol. The number of benzene rings is 2. The molecule has 1 aliphatic carbocycles. The van der Waals surface area contributed by atoms with Crippen molar-refractivity contribution in [2.45, 2.75) is 25.3 Å². The molecule has 1 saturated carbocycles. The fourth-order valence-corrected chi connectivity index (χ4v) is 2.81. The summed E-state index contributed by atoms with van der Waals surface area (Å²) in [5.74, 6) is 0.601. The Balaban J connectivity index is 1.77. The lowest BCUT2D eigenvalue weighted by Gasteiger charge is -2.13. The lowest BCUT2D eigenvalue weighted by Crippen LogP contribution is -2.17. The van der Waals surface area contributed by atoms with Gasteiger partial charge in [-0.1, -0.05) is 35.9 Å². The van der Waals surface area contributed by atoms with Crippen LogP contribution in [0.3, 0.4) is 0 Å². The molecule has 2 N–H and O–H groups in total. The number of anilines is 1. The Kier molecular flexibility index (Phi) is 4.34. The van der Waals surface area contributed by atoms with Gasteiger partial charge < -0.3 is 10.6 Å². The molecule has 1 fully saturated rings. The summed E-state index contributed by atoms with van der Waals surface area (Å²) in [6.07, 6.45) is 2.56. The summed E-state index contributed by atoms with van der Waals surface area (Å²) < 4.78 is 0. The number of halogens is 1. The number of amides is 1. The summed E-state index contributed by atoms with van der Waals surface area (Å²) in [4.78, 5) is 11.7. The molecular weight excluding hydrogens is 296 g/mol. The molecule has 1 amide bonds. The van der Waals surface area contributed by atoms with Crippen molar-refractivity contribution in [2.75, 3.05) is 12.4 Å². The first-order valence-corrected chi connectivity index (χ1v) is 7.90. The second-order valence-corrected chi connectivity index (χ2v) is 6.01. The normalized spacial score (nSPS) is 13.7. The molecule has 0 aromatic heterocycles. The number of carbonyl (C=O) groups excluding carboxylic acids is 1. The Morgan fingerprint density at radius 2 is 2.00 bits per heavy atom. The van der Waals surface area contributed by atoms with Gasteiger partial charge >= 0.3 is 0 Å². The topological polar surface area (TPSA) is 41.1 Å². The maximum Gasteiger partial charge on any atom is 0.251 e. The zero-order chi connectivity index (χ0) is 15.5.